The molecule has 6 nitrogen and oxygen atoms in total. The summed E-state index contributed by atoms with van der Waals surface area (Å²) in [6.07, 6.45) is 0. The van der Waals surface area contributed by atoms with Crippen molar-refractivity contribution in [1.29, 1.82) is 0 Å². The van der Waals surface area contributed by atoms with Gasteiger partial charge in [-0.05, 0) is 7.05 Å². The summed E-state index contributed by atoms with van der Waals surface area (Å²) in [6.45, 7) is 6.18. The molecule has 0 unspecified atom stereocenters. The second kappa shape index (κ2) is 15.8. The smallest absolute Gasteiger partial charge is 0.0701 e. The normalized spacial score (nSPS) is 10.9. The molecule has 0 aliphatic carbocycles. The van der Waals surface area contributed by atoms with Crippen LogP contribution in [0.5, 0.6) is 0 Å². The van der Waals surface area contributed by atoms with Gasteiger partial charge in [-0.15, -0.1) is 0 Å². The monoisotopic (exact) mass is 250 g/mol. The average Bonchev–Trinajstić information content (AvgIpc) is 2.35. The van der Waals surface area contributed by atoms with Crippen LogP contribution >= 0.6 is 0 Å². The molecule has 0 aromatic rings. The highest BCUT2D eigenvalue weighted by atomic mass is 16.5. The molecule has 104 valence electrons. The van der Waals surface area contributed by atoms with Gasteiger partial charge in [-0.2, -0.15) is 0 Å². The maximum Gasteiger partial charge on any atom is 0.0701 e. The van der Waals surface area contributed by atoms with Gasteiger partial charge in [0, 0.05) is 19.6 Å². The summed E-state index contributed by atoms with van der Waals surface area (Å²) in [5.41, 5.74) is 0. The van der Waals surface area contributed by atoms with Gasteiger partial charge in [0.05, 0.1) is 46.2 Å². The molecule has 0 aliphatic heterocycles. The van der Waals surface area contributed by atoms with Crippen LogP contribution in [-0.2, 0) is 14.2 Å². The van der Waals surface area contributed by atoms with E-state index in [-0.39, 0.29) is 6.61 Å². The van der Waals surface area contributed by atoms with Crippen molar-refractivity contribution >= 4 is 0 Å². The third kappa shape index (κ3) is 15.8. The second-order valence-corrected chi connectivity index (χ2v) is 3.41. The van der Waals surface area contributed by atoms with Gasteiger partial charge in [0.15, 0.2) is 0 Å². The first-order valence-corrected chi connectivity index (χ1v) is 6.11. The van der Waals surface area contributed by atoms with Gasteiger partial charge in [-0.1, -0.05) is 0 Å². The summed E-state index contributed by atoms with van der Waals surface area (Å²) >= 11 is 0. The molecule has 0 radical (unpaired) electrons. The summed E-state index contributed by atoms with van der Waals surface area (Å²) in [4.78, 5) is 0. The van der Waals surface area contributed by atoms with Crippen molar-refractivity contribution in [2.24, 2.45) is 0 Å². The molecule has 0 aromatic carbocycles. The fourth-order valence-corrected chi connectivity index (χ4v) is 1.06. The Morgan fingerprint density at radius 3 is 1.82 bits per heavy atom. The first-order valence-electron chi connectivity index (χ1n) is 6.11. The van der Waals surface area contributed by atoms with Crippen LogP contribution in [0.15, 0.2) is 0 Å². The molecule has 0 rings (SSSR count). The van der Waals surface area contributed by atoms with Crippen molar-refractivity contribution in [3.63, 3.8) is 0 Å². The number of nitrogens with one attached hydrogen (secondary N) is 2. The summed E-state index contributed by atoms with van der Waals surface area (Å²) in [5.74, 6) is 0. The predicted molar refractivity (Wildman–Crippen MR) is 66.3 cm³/mol. The van der Waals surface area contributed by atoms with Crippen LogP contribution < -0.4 is 10.6 Å². The van der Waals surface area contributed by atoms with E-state index in [9.17, 15) is 0 Å². The van der Waals surface area contributed by atoms with Gasteiger partial charge in [0.1, 0.15) is 0 Å². The Morgan fingerprint density at radius 1 is 0.765 bits per heavy atom. The number of hydrogen-bond donors (Lipinski definition) is 3. The number of aliphatic hydroxyl groups excluding tert-OH is 1. The molecule has 0 aliphatic rings. The molecule has 0 fully saturated rings. The van der Waals surface area contributed by atoms with Crippen LogP contribution in [-0.4, -0.2) is 78.0 Å². The fourth-order valence-electron chi connectivity index (χ4n) is 1.06. The molecule has 3 N–H and O–H groups in total. The Bertz CT molecular complexity index is 125. The van der Waals surface area contributed by atoms with Crippen LogP contribution in [0.1, 0.15) is 0 Å². The lowest BCUT2D eigenvalue weighted by atomic mass is 10.6. The Morgan fingerprint density at radius 2 is 1.29 bits per heavy atom. The van der Waals surface area contributed by atoms with Crippen LogP contribution in [0.2, 0.25) is 0 Å². The molecule has 17 heavy (non-hydrogen) atoms. The van der Waals surface area contributed by atoms with Crippen LogP contribution in [0.3, 0.4) is 0 Å². The molecule has 0 saturated heterocycles. The second-order valence-electron chi connectivity index (χ2n) is 3.41. The molecule has 0 atom stereocenters. The number of aliphatic hydroxyl groups is 1. The van der Waals surface area contributed by atoms with E-state index in [1.807, 2.05) is 7.05 Å². The van der Waals surface area contributed by atoms with E-state index in [2.05, 4.69) is 10.6 Å². The Kier molecular flexibility index (Phi) is 15.5. The lowest BCUT2D eigenvalue weighted by molar-refractivity contribution is 0.0158. The number of rotatable bonds is 14. The van der Waals surface area contributed by atoms with Crippen molar-refractivity contribution < 1.29 is 19.3 Å². The molecule has 0 amide bonds. The third-order valence-corrected chi connectivity index (χ3v) is 1.95. The number of hydrogen-bond acceptors (Lipinski definition) is 6. The lowest BCUT2D eigenvalue weighted by Gasteiger charge is -2.07. The topological polar surface area (TPSA) is 72.0 Å². The zero-order valence-corrected chi connectivity index (χ0v) is 10.7. The number of ether oxygens (including phenoxy) is 3. The molecular formula is C11H26N2O4. The van der Waals surface area contributed by atoms with Crippen molar-refractivity contribution in [3.05, 3.63) is 0 Å². The minimum Gasteiger partial charge on any atom is -0.395 e. The summed E-state index contributed by atoms with van der Waals surface area (Å²) < 4.78 is 15.9. The van der Waals surface area contributed by atoms with Crippen LogP contribution in [0, 0.1) is 0 Å². The summed E-state index contributed by atoms with van der Waals surface area (Å²) in [6, 6.07) is 0. The average molecular weight is 250 g/mol. The van der Waals surface area contributed by atoms with Crippen LogP contribution in [0.25, 0.3) is 0 Å². The first-order chi connectivity index (χ1) is 8.41. The van der Waals surface area contributed by atoms with Gasteiger partial charge >= 0.3 is 0 Å². The highest BCUT2D eigenvalue weighted by Gasteiger charge is 1.91. The Labute approximate surface area is 104 Å². The predicted octanol–water partition coefficient (Wildman–Crippen LogP) is -1.16. The minimum atomic E-state index is 0.163. The molecular weight excluding hydrogens is 224 g/mol. The van der Waals surface area contributed by atoms with Gasteiger partial charge in [0.25, 0.3) is 0 Å². The van der Waals surface area contributed by atoms with Crippen LogP contribution in [0.4, 0.5) is 0 Å². The van der Waals surface area contributed by atoms with E-state index >= 15 is 0 Å². The molecule has 0 heterocycles. The third-order valence-electron chi connectivity index (χ3n) is 1.95. The largest absolute Gasteiger partial charge is 0.395 e. The zero-order chi connectivity index (χ0) is 12.6. The maximum absolute atomic E-state index is 8.50. The van der Waals surface area contributed by atoms with E-state index in [0.717, 1.165) is 13.1 Å². The van der Waals surface area contributed by atoms with E-state index in [4.69, 9.17) is 19.3 Å². The Balaban J connectivity index is 2.85. The number of likely N-dealkylation sites (N-methyl/N-ethyl adjacent to an activating group) is 1. The summed E-state index contributed by atoms with van der Waals surface area (Å²) in [5, 5.41) is 14.5. The minimum absolute atomic E-state index is 0.163. The fraction of sp³-hybridized carbons (Fsp3) is 1.00. The van der Waals surface area contributed by atoms with Crippen molar-refractivity contribution in [3.8, 4) is 0 Å². The molecule has 0 saturated carbocycles. The maximum atomic E-state index is 8.50. The highest BCUT2D eigenvalue weighted by molar-refractivity contribution is 4.43. The van der Waals surface area contributed by atoms with Gasteiger partial charge < -0.3 is 30.0 Å². The van der Waals surface area contributed by atoms with E-state index in [1.165, 1.54) is 0 Å². The first kappa shape index (κ1) is 16.8. The van der Waals surface area contributed by atoms with E-state index in [0.29, 0.717) is 46.2 Å². The van der Waals surface area contributed by atoms with E-state index < -0.39 is 0 Å². The van der Waals surface area contributed by atoms with Crippen molar-refractivity contribution in [2.75, 3.05) is 72.9 Å². The highest BCUT2D eigenvalue weighted by Crippen LogP contribution is 1.80. The zero-order valence-electron chi connectivity index (χ0n) is 10.7. The van der Waals surface area contributed by atoms with E-state index in [1.54, 1.807) is 0 Å². The molecule has 0 bridgehead atoms. The molecule has 0 spiro atoms. The molecule has 6 heteroatoms. The van der Waals surface area contributed by atoms with Gasteiger partial charge in [-0.3, -0.25) is 0 Å². The van der Waals surface area contributed by atoms with Crippen molar-refractivity contribution in [2.45, 2.75) is 0 Å². The Hall–Kier alpha value is -0.240. The molecule has 0 aromatic heterocycles. The van der Waals surface area contributed by atoms with Gasteiger partial charge in [-0.25, -0.2) is 0 Å². The van der Waals surface area contributed by atoms with Crippen molar-refractivity contribution in [1.82, 2.24) is 10.6 Å². The quantitative estimate of drug-likeness (QED) is 0.338. The summed E-state index contributed by atoms with van der Waals surface area (Å²) in [7, 11) is 1.90. The van der Waals surface area contributed by atoms with Gasteiger partial charge in [0.2, 0.25) is 0 Å². The lowest BCUT2D eigenvalue weighted by Crippen LogP contribution is -2.23. The standard InChI is InChI=1S/C11H26N2O4/c1-12-3-6-15-8-10-17-11-9-16-7-4-13-2-5-14/h12-14H,2-11H2,1H3. The SMILES string of the molecule is CNCCOCCOCCOCCNCCO.